The molecule has 2 nitrogen and oxygen atoms in total. The lowest BCUT2D eigenvalue weighted by Gasteiger charge is -2.25. The third-order valence-electron chi connectivity index (χ3n) is 2.95. The van der Waals surface area contributed by atoms with Crippen molar-refractivity contribution in [3.63, 3.8) is 0 Å². The first-order chi connectivity index (χ1) is 8.68. The second kappa shape index (κ2) is 6.14. The molecular weight excluding hydrogens is 242 g/mol. The van der Waals surface area contributed by atoms with Gasteiger partial charge in [-0.2, -0.15) is 0 Å². The van der Waals surface area contributed by atoms with Gasteiger partial charge in [0.2, 0.25) is 0 Å². The number of aliphatic hydroxyl groups excluding tert-OH is 1. The van der Waals surface area contributed by atoms with Crippen LogP contribution in [0.1, 0.15) is 16.4 Å². The maximum atomic E-state index is 10.5. The van der Waals surface area contributed by atoms with E-state index in [1.165, 1.54) is 10.4 Å². The normalized spacial score (nSPS) is 14.7. The number of rotatable bonds is 5. The molecule has 0 aliphatic carbocycles. The molecule has 1 N–H and O–H groups in total. The number of benzene rings is 1. The van der Waals surface area contributed by atoms with Crippen LogP contribution in [-0.4, -0.2) is 36.8 Å². The molecule has 0 saturated carbocycles. The van der Waals surface area contributed by atoms with Gasteiger partial charge in [0, 0.05) is 17.3 Å². The van der Waals surface area contributed by atoms with E-state index in [4.69, 9.17) is 0 Å². The van der Waals surface area contributed by atoms with E-state index in [2.05, 4.69) is 23.6 Å². The van der Waals surface area contributed by atoms with Crippen LogP contribution >= 0.6 is 11.3 Å². The Hall–Kier alpha value is -1.16. The summed E-state index contributed by atoms with van der Waals surface area (Å²) in [6.07, 6.45) is -0.388. The number of hydrogen-bond acceptors (Lipinski definition) is 3. The fraction of sp³-hybridized carbons (Fsp3) is 0.333. The summed E-state index contributed by atoms with van der Waals surface area (Å²) in [4.78, 5) is 3.24. The van der Waals surface area contributed by atoms with Crippen molar-refractivity contribution in [2.24, 2.45) is 0 Å². The van der Waals surface area contributed by atoms with Gasteiger partial charge in [-0.15, -0.1) is 11.3 Å². The summed E-state index contributed by atoms with van der Waals surface area (Å²) in [5.41, 5.74) is 1.18. The van der Waals surface area contributed by atoms with E-state index in [9.17, 15) is 5.11 Å². The topological polar surface area (TPSA) is 23.5 Å². The van der Waals surface area contributed by atoms with Gasteiger partial charge in [-0.25, -0.2) is 0 Å². The van der Waals surface area contributed by atoms with Gasteiger partial charge in [0.15, 0.2) is 0 Å². The lowest BCUT2D eigenvalue weighted by Crippen LogP contribution is -2.31. The molecule has 18 heavy (non-hydrogen) atoms. The second-order valence-corrected chi connectivity index (χ2v) is 5.71. The molecule has 0 saturated heterocycles. The van der Waals surface area contributed by atoms with Crippen molar-refractivity contribution in [1.29, 1.82) is 0 Å². The molecule has 0 unspecified atom stereocenters. The van der Waals surface area contributed by atoms with E-state index in [0.29, 0.717) is 6.54 Å². The van der Waals surface area contributed by atoms with Crippen molar-refractivity contribution in [1.82, 2.24) is 4.90 Å². The van der Waals surface area contributed by atoms with Gasteiger partial charge < -0.3 is 10.0 Å². The molecule has 0 bridgehead atoms. The zero-order valence-corrected chi connectivity index (χ0v) is 11.6. The maximum absolute atomic E-state index is 10.5. The highest BCUT2D eigenvalue weighted by atomic mass is 32.1. The summed E-state index contributed by atoms with van der Waals surface area (Å²) >= 11 is 1.70. The molecule has 0 spiro atoms. The van der Waals surface area contributed by atoms with Crippen LogP contribution in [0.3, 0.4) is 0 Å². The highest BCUT2D eigenvalue weighted by molar-refractivity contribution is 7.10. The van der Waals surface area contributed by atoms with Crippen molar-refractivity contribution in [3.8, 4) is 0 Å². The Kier molecular flexibility index (Phi) is 4.53. The summed E-state index contributed by atoms with van der Waals surface area (Å²) < 4.78 is 0. The quantitative estimate of drug-likeness (QED) is 0.894. The number of hydrogen-bond donors (Lipinski definition) is 1. The molecular formula is C15H19NOS. The summed E-state index contributed by atoms with van der Waals surface area (Å²) in [7, 11) is 3.97. The fourth-order valence-corrected chi connectivity index (χ4v) is 3.10. The Morgan fingerprint density at radius 3 is 2.39 bits per heavy atom. The molecule has 0 fully saturated rings. The Bertz CT molecular complexity index is 453. The summed E-state index contributed by atoms with van der Waals surface area (Å²) in [6, 6.07) is 14.4. The third kappa shape index (κ3) is 3.19. The van der Waals surface area contributed by atoms with Gasteiger partial charge in [-0.3, -0.25) is 0 Å². The van der Waals surface area contributed by atoms with Gasteiger partial charge in [-0.05, 0) is 31.1 Å². The van der Waals surface area contributed by atoms with Crippen LogP contribution in [0.2, 0.25) is 0 Å². The highest BCUT2D eigenvalue weighted by Crippen LogP contribution is 2.31. The number of likely N-dealkylation sites (N-methyl/N-ethyl adjacent to an activating group) is 1. The molecule has 3 heteroatoms. The molecule has 2 rings (SSSR count). The van der Waals surface area contributed by atoms with Crippen molar-refractivity contribution < 1.29 is 5.11 Å². The minimum absolute atomic E-state index is 0.0635. The van der Waals surface area contributed by atoms with Crippen LogP contribution in [0, 0.1) is 0 Å². The van der Waals surface area contributed by atoms with Gasteiger partial charge in [0.05, 0.1) is 6.10 Å². The average Bonchev–Trinajstić information content (AvgIpc) is 2.83. The SMILES string of the molecule is CN(C)C[C@H](O)[C@@H](c1ccccc1)c1cccs1. The van der Waals surface area contributed by atoms with Crippen LogP contribution in [0.15, 0.2) is 47.8 Å². The minimum atomic E-state index is -0.388. The largest absolute Gasteiger partial charge is 0.391 e. The first-order valence-electron chi connectivity index (χ1n) is 6.09. The fourth-order valence-electron chi connectivity index (χ4n) is 2.18. The Morgan fingerprint density at radius 2 is 1.83 bits per heavy atom. The van der Waals surface area contributed by atoms with E-state index in [-0.39, 0.29) is 12.0 Å². The molecule has 96 valence electrons. The first-order valence-corrected chi connectivity index (χ1v) is 6.97. The van der Waals surface area contributed by atoms with Gasteiger partial charge in [-0.1, -0.05) is 36.4 Å². The van der Waals surface area contributed by atoms with Crippen molar-refractivity contribution in [3.05, 3.63) is 58.3 Å². The van der Waals surface area contributed by atoms with Crippen LogP contribution < -0.4 is 0 Å². The molecule has 0 amide bonds. The minimum Gasteiger partial charge on any atom is -0.391 e. The Labute approximate surface area is 113 Å². The van der Waals surface area contributed by atoms with Crippen molar-refractivity contribution >= 4 is 11.3 Å². The van der Waals surface area contributed by atoms with E-state index < -0.39 is 0 Å². The van der Waals surface area contributed by atoms with E-state index in [0.717, 1.165) is 0 Å². The standard InChI is InChI=1S/C15H19NOS/c1-16(2)11-13(17)15(14-9-6-10-18-14)12-7-4-3-5-8-12/h3-10,13,15,17H,11H2,1-2H3/t13-,15+/m0/s1. The molecule has 1 heterocycles. The predicted molar refractivity (Wildman–Crippen MR) is 77.2 cm³/mol. The van der Waals surface area contributed by atoms with E-state index in [1.807, 2.05) is 43.3 Å². The highest BCUT2D eigenvalue weighted by Gasteiger charge is 2.24. The molecule has 2 atom stereocenters. The molecule has 0 aliphatic rings. The molecule has 0 radical (unpaired) electrons. The second-order valence-electron chi connectivity index (χ2n) is 4.73. The number of nitrogens with zero attached hydrogens (tertiary/aromatic N) is 1. The average molecular weight is 261 g/mol. The number of aliphatic hydroxyl groups is 1. The smallest absolute Gasteiger partial charge is 0.0783 e. The lowest BCUT2D eigenvalue weighted by atomic mass is 9.91. The molecule has 0 aliphatic heterocycles. The summed E-state index contributed by atoms with van der Waals surface area (Å²) in [5, 5.41) is 12.5. The predicted octanol–water partition coefficient (Wildman–Crippen LogP) is 2.80. The molecule has 2 aromatic rings. The van der Waals surface area contributed by atoms with Crippen LogP contribution in [0.25, 0.3) is 0 Å². The van der Waals surface area contributed by atoms with Crippen molar-refractivity contribution in [2.75, 3.05) is 20.6 Å². The van der Waals surface area contributed by atoms with Gasteiger partial charge >= 0.3 is 0 Å². The maximum Gasteiger partial charge on any atom is 0.0783 e. The monoisotopic (exact) mass is 261 g/mol. The van der Waals surface area contributed by atoms with E-state index >= 15 is 0 Å². The zero-order valence-electron chi connectivity index (χ0n) is 10.8. The third-order valence-corrected chi connectivity index (χ3v) is 3.90. The van der Waals surface area contributed by atoms with Gasteiger partial charge in [0.1, 0.15) is 0 Å². The van der Waals surface area contributed by atoms with Crippen molar-refractivity contribution in [2.45, 2.75) is 12.0 Å². The number of thiophene rings is 1. The Balaban J connectivity index is 2.29. The van der Waals surface area contributed by atoms with Crippen LogP contribution in [-0.2, 0) is 0 Å². The first kappa shape index (κ1) is 13.3. The van der Waals surface area contributed by atoms with Crippen LogP contribution in [0.4, 0.5) is 0 Å². The molecule has 1 aromatic carbocycles. The summed E-state index contributed by atoms with van der Waals surface area (Å²) in [6.45, 7) is 0.664. The molecule has 1 aromatic heterocycles. The summed E-state index contributed by atoms with van der Waals surface area (Å²) in [5.74, 6) is 0.0635. The lowest BCUT2D eigenvalue weighted by molar-refractivity contribution is 0.122. The van der Waals surface area contributed by atoms with E-state index in [1.54, 1.807) is 11.3 Å². The zero-order chi connectivity index (χ0) is 13.0. The Morgan fingerprint density at radius 1 is 1.11 bits per heavy atom. The van der Waals surface area contributed by atoms with Gasteiger partial charge in [0.25, 0.3) is 0 Å². The van der Waals surface area contributed by atoms with Crippen LogP contribution in [0.5, 0.6) is 0 Å².